The average Bonchev–Trinajstić information content (AvgIpc) is 2.69. The van der Waals surface area contributed by atoms with Crippen molar-refractivity contribution in [3.05, 3.63) is 35.4 Å². The third-order valence-corrected chi connectivity index (χ3v) is 5.89. The van der Waals surface area contributed by atoms with Crippen molar-refractivity contribution >= 4 is 6.03 Å². The van der Waals surface area contributed by atoms with Gasteiger partial charge in [0.15, 0.2) is 0 Å². The summed E-state index contributed by atoms with van der Waals surface area (Å²) >= 11 is 0. The lowest BCUT2D eigenvalue weighted by Crippen LogP contribution is -2.55. The van der Waals surface area contributed by atoms with Gasteiger partial charge in [0.2, 0.25) is 0 Å². The highest BCUT2D eigenvalue weighted by molar-refractivity contribution is 5.74. The minimum Gasteiger partial charge on any atom is -0.379 e. The quantitative estimate of drug-likeness (QED) is 0.812. The number of nitrogens with zero attached hydrogens (tertiary/aromatic N) is 3. The summed E-state index contributed by atoms with van der Waals surface area (Å²) in [4.78, 5) is 19.5. The van der Waals surface area contributed by atoms with Crippen molar-refractivity contribution in [3.63, 3.8) is 0 Å². The highest BCUT2D eigenvalue weighted by atomic mass is 16.5. The van der Waals surface area contributed by atoms with E-state index in [0.717, 1.165) is 59.0 Å². The van der Waals surface area contributed by atoms with Crippen molar-refractivity contribution in [1.29, 1.82) is 0 Å². The molecule has 28 heavy (non-hydrogen) atoms. The van der Waals surface area contributed by atoms with Gasteiger partial charge in [-0.25, -0.2) is 4.79 Å². The molecule has 2 aliphatic heterocycles. The molecule has 6 nitrogen and oxygen atoms in total. The van der Waals surface area contributed by atoms with Gasteiger partial charge in [0.1, 0.15) is 0 Å². The van der Waals surface area contributed by atoms with Crippen LogP contribution in [0.4, 0.5) is 4.79 Å². The molecule has 1 aromatic carbocycles. The summed E-state index contributed by atoms with van der Waals surface area (Å²) in [5.41, 5.74) is 2.65. The lowest BCUT2D eigenvalue weighted by atomic mass is 10.0. The zero-order chi connectivity index (χ0) is 19.9. The van der Waals surface area contributed by atoms with E-state index in [1.165, 1.54) is 11.1 Å². The lowest BCUT2D eigenvalue weighted by Gasteiger charge is -2.38. The summed E-state index contributed by atoms with van der Waals surface area (Å²) in [6, 6.07) is 9.13. The summed E-state index contributed by atoms with van der Waals surface area (Å²) in [7, 11) is 0. The van der Waals surface area contributed by atoms with Crippen LogP contribution < -0.4 is 5.32 Å². The van der Waals surface area contributed by atoms with Crippen LogP contribution in [-0.2, 0) is 11.3 Å². The molecule has 1 unspecified atom stereocenters. The Kier molecular flexibility index (Phi) is 7.71. The van der Waals surface area contributed by atoms with Crippen molar-refractivity contribution < 1.29 is 9.53 Å². The van der Waals surface area contributed by atoms with Crippen LogP contribution in [0.1, 0.15) is 25.0 Å². The van der Waals surface area contributed by atoms with Crippen molar-refractivity contribution in [1.82, 2.24) is 20.0 Å². The smallest absolute Gasteiger partial charge is 0.317 e. The molecule has 0 aliphatic carbocycles. The number of piperazine rings is 1. The van der Waals surface area contributed by atoms with Gasteiger partial charge < -0.3 is 15.0 Å². The fourth-order valence-electron chi connectivity index (χ4n) is 4.18. The van der Waals surface area contributed by atoms with Crippen LogP contribution in [0.25, 0.3) is 0 Å². The number of carbonyl (C=O) groups is 1. The standard InChI is InChI=1S/C22H36N4O2/c1-18(2)21(25-11-13-28-14-12-25)16-23-22(27)26-9-7-24(8-10-26)17-20-6-4-5-19(3)15-20/h4-6,15,18,21H,7-14,16-17H2,1-3H3,(H,23,27). The third-order valence-electron chi connectivity index (χ3n) is 5.89. The molecule has 0 bridgehead atoms. The van der Waals surface area contributed by atoms with Crippen LogP contribution in [0.5, 0.6) is 0 Å². The van der Waals surface area contributed by atoms with Gasteiger partial charge in [0.25, 0.3) is 0 Å². The van der Waals surface area contributed by atoms with E-state index in [1.807, 2.05) is 4.90 Å². The minimum atomic E-state index is 0.0779. The van der Waals surface area contributed by atoms with Crippen LogP contribution in [0.2, 0.25) is 0 Å². The van der Waals surface area contributed by atoms with Crippen molar-refractivity contribution in [2.45, 2.75) is 33.4 Å². The number of benzene rings is 1. The molecule has 2 saturated heterocycles. The Morgan fingerprint density at radius 3 is 2.46 bits per heavy atom. The monoisotopic (exact) mass is 388 g/mol. The second-order valence-electron chi connectivity index (χ2n) is 8.40. The Hall–Kier alpha value is -1.63. The first-order valence-electron chi connectivity index (χ1n) is 10.7. The van der Waals surface area contributed by atoms with E-state index in [1.54, 1.807) is 0 Å². The fraction of sp³-hybridized carbons (Fsp3) is 0.682. The molecular weight excluding hydrogens is 352 g/mol. The highest BCUT2D eigenvalue weighted by Gasteiger charge is 2.26. The molecule has 0 aromatic heterocycles. The molecule has 3 rings (SSSR count). The predicted octanol–water partition coefficient (Wildman–Crippen LogP) is 2.18. The summed E-state index contributed by atoms with van der Waals surface area (Å²) in [6.07, 6.45) is 0. The number of urea groups is 1. The maximum Gasteiger partial charge on any atom is 0.317 e. The summed E-state index contributed by atoms with van der Waals surface area (Å²) in [5, 5.41) is 3.19. The summed E-state index contributed by atoms with van der Waals surface area (Å²) in [5.74, 6) is 0.504. The van der Waals surface area contributed by atoms with E-state index in [4.69, 9.17) is 4.74 Å². The number of hydrogen-bond donors (Lipinski definition) is 1. The van der Waals surface area contributed by atoms with E-state index in [2.05, 4.69) is 60.2 Å². The normalized spacial score (nSPS) is 20.4. The van der Waals surface area contributed by atoms with Crippen molar-refractivity contribution in [2.24, 2.45) is 5.92 Å². The molecule has 2 fully saturated rings. The number of amides is 2. The van der Waals surface area contributed by atoms with Gasteiger partial charge in [-0.05, 0) is 18.4 Å². The van der Waals surface area contributed by atoms with E-state index >= 15 is 0 Å². The molecule has 2 aliphatic rings. The van der Waals surface area contributed by atoms with E-state index in [-0.39, 0.29) is 6.03 Å². The molecule has 1 aromatic rings. The SMILES string of the molecule is Cc1cccc(CN2CCN(C(=O)NCC(C(C)C)N3CCOCC3)CC2)c1. The maximum absolute atomic E-state index is 12.7. The van der Waals surface area contributed by atoms with Crippen LogP contribution in [0, 0.1) is 12.8 Å². The lowest BCUT2D eigenvalue weighted by molar-refractivity contribution is 0.00682. The first kappa shape index (κ1) is 21.1. The number of aryl methyl sites for hydroxylation is 1. The van der Waals surface area contributed by atoms with Gasteiger partial charge in [-0.1, -0.05) is 43.7 Å². The zero-order valence-corrected chi connectivity index (χ0v) is 17.7. The largest absolute Gasteiger partial charge is 0.379 e. The first-order valence-corrected chi connectivity index (χ1v) is 10.7. The Bertz CT molecular complexity index is 623. The Balaban J connectivity index is 1.43. The molecule has 0 spiro atoms. The summed E-state index contributed by atoms with van der Waals surface area (Å²) < 4.78 is 5.47. The number of ether oxygens (including phenoxy) is 1. The molecule has 1 atom stereocenters. The van der Waals surface area contributed by atoms with Crippen LogP contribution >= 0.6 is 0 Å². The Labute approximate surface area is 169 Å². The van der Waals surface area contributed by atoms with Gasteiger partial charge in [0, 0.05) is 58.4 Å². The molecule has 2 heterocycles. The number of rotatable bonds is 6. The number of nitrogens with one attached hydrogen (secondary N) is 1. The number of morpholine rings is 1. The number of hydrogen-bond acceptors (Lipinski definition) is 4. The fourth-order valence-corrected chi connectivity index (χ4v) is 4.18. The zero-order valence-electron chi connectivity index (χ0n) is 17.7. The van der Waals surface area contributed by atoms with Crippen LogP contribution in [0.3, 0.4) is 0 Å². The molecule has 0 radical (unpaired) electrons. The predicted molar refractivity (Wildman–Crippen MR) is 112 cm³/mol. The van der Waals surface area contributed by atoms with E-state index in [0.29, 0.717) is 18.5 Å². The topological polar surface area (TPSA) is 48.0 Å². The van der Waals surface area contributed by atoms with Crippen LogP contribution in [0.15, 0.2) is 24.3 Å². The third kappa shape index (κ3) is 5.93. The maximum atomic E-state index is 12.7. The second kappa shape index (κ2) is 10.2. The molecule has 6 heteroatoms. The molecule has 0 saturated carbocycles. The van der Waals surface area contributed by atoms with E-state index in [9.17, 15) is 4.79 Å². The van der Waals surface area contributed by atoms with Gasteiger partial charge in [-0.15, -0.1) is 0 Å². The second-order valence-corrected chi connectivity index (χ2v) is 8.40. The van der Waals surface area contributed by atoms with Gasteiger partial charge >= 0.3 is 6.03 Å². The van der Waals surface area contributed by atoms with Crippen molar-refractivity contribution in [2.75, 3.05) is 59.0 Å². The Morgan fingerprint density at radius 1 is 1.11 bits per heavy atom. The van der Waals surface area contributed by atoms with Crippen molar-refractivity contribution in [3.8, 4) is 0 Å². The van der Waals surface area contributed by atoms with Gasteiger partial charge in [-0.2, -0.15) is 0 Å². The van der Waals surface area contributed by atoms with Gasteiger partial charge in [0.05, 0.1) is 13.2 Å². The molecule has 2 amide bonds. The average molecular weight is 389 g/mol. The molecular formula is C22H36N4O2. The highest BCUT2D eigenvalue weighted by Crippen LogP contribution is 2.13. The summed E-state index contributed by atoms with van der Waals surface area (Å²) in [6.45, 7) is 15.2. The molecule has 156 valence electrons. The minimum absolute atomic E-state index is 0.0779. The van der Waals surface area contributed by atoms with E-state index < -0.39 is 0 Å². The van der Waals surface area contributed by atoms with Gasteiger partial charge in [-0.3, -0.25) is 9.80 Å². The van der Waals surface area contributed by atoms with Crippen LogP contribution in [-0.4, -0.2) is 85.8 Å². The molecule has 1 N–H and O–H groups in total. The first-order chi connectivity index (χ1) is 13.5. The number of carbonyl (C=O) groups excluding carboxylic acids is 1. The Morgan fingerprint density at radius 2 is 1.82 bits per heavy atom.